The van der Waals surface area contributed by atoms with Gasteiger partial charge >= 0.3 is 0 Å². The van der Waals surface area contributed by atoms with Crippen molar-refractivity contribution in [1.29, 1.82) is 0 Å². The maximum absolute atomic E-state index is 4.93. The number of aromatic nitrogens is 1. The highest BCUT2D eigenvalue weighted by molar-refractivity contribution is 4.91. The van der Waals surface area contributed by atoms with Gasteiger partial charge in [-0.05, 0) is 6.92 Å². The van der Waals surface area contributed by atoms with E-state index in [1.54, 1.807) is 6.26 Å². The third-order valence-corrected chi connectivity index (χ3v) is 2.32. The topological polar surface area (TPSA) is 41.3 Å². The number of rotatable bonds is 2. The van der Waals surface area contributed by atoms with Crippen LogP contribution in [0.1, 0.15) is 12.6 Å². The summed E-state index contributed by atoms with van der Waals surface area (Å²) in [5, 5.41) is 3.41. The summed E-state index contributed by atoms with van der Waals surface area (Å²) in [6.07, 6.45) is 3.20. The van der Waals surface area contributed by atoms with E-state index in [2.05, 4.69) is 22.1 Å². The molecule has 1 fully saturated rings. The molecule has 0 spiro atoms. The van der Waals surface area contributed by atoms with Gasteiger partial charge in [0.2, 0.25) is 0 Å². The fraction of sp³-hybridized carbons (Fsp3) is 0.667. The van der Waals surface area contributed by atoms with E-state index < -0.39 is 0 Å². The van der Waals surface area contributed by atoms with E-state index in [0.29, 0.717) is 6.04 Å². The van der Waals surface area contributed by atoms with Gasteiger partial charge in [0.05, 0.1) is 5.69 Å². The number of hydrogen-bond acceptors (Lipinski definition) is 4. The van der Waals surface area contributed by atoms with Crippen molar-refractivity contribution in [3.63, 3.8) is 0 Å². The van der Waals surface area contributed by atoms with E-state index in [4.69, 9.17) is 4.42 Å². The first-order valence-electron chi connectivity index (χ1n) is 4.67. The molecule has 1 aromatic heterocycles. The summed E-state index contributed by atoms with van der Waals surface area (Å²) in [7, 11) is 0. The Labute approximate surface area is 77.9 Å². The predicted molar refractivity (Wildman–Crippen MR) is 49.2 cm³/mol. The van der Waals surface area contributed by atoms with Crippen molar-refractivity contribution < 1.29 is 4.42 Å². The van der Waals surface area contributed by atoms with Crippen molar-refractivity contribution >= 4 is 0 Å². The smallest absolute Gasteiger partial charge is 0.180 e. The van der Waals surface area contributed by atoms with Crippen molar-refractivity contribution in [2.75, 3.05) is 19.6 Å². The SMILES string of the molecule is C[C@H]1CN(Cc2cocn2)CCN1. The highest BCUT2D eigenvalue weighted by atomic mass is 16.3. The van der Waals surface area contributed by atoms with Gasteiger partial charge in [-0.1, -0.05) is 0 Å². The second-order valence-electron chi connectivity index (χ2n) is 3.57. The number of hydrogen-bond donors (Lipinski definition) is 1. The van der Waals surface area contributed by atoms with Gasteiger partial charge in [0, 0.05) is 32.2 Å². The quantitative estimate of drug-likeness (QED) is 0.720. The first kappa shape index (κ1) is 8.72. The minimum atomic E-state index is 0.584. The lowest BCUT2D eigenvalue weighted by Crippen LogP contribution is -2.48. The van der Waals surface area contributed by atoms with Crippen LogP contribution >= 0.6 is 0 Å². The van der Waals surface area contributed by atoms with Crippen LogP contribution in [-0.2, 0) is 6.54 Å². The fourth-order valence-corrected chi connectivity index (χ4v) is 1.70. The van der Waals surface area contributed by atoms with Crippen molar-refractivity contribution in [3.05, 3.63) is 18.4 Å². The van der Waals surface area contributed by atoms with Crippen molar-refractivity contribution in [3.8, 4) is 0 Å². The summed E-state index contributed by atoms with van der Waals surface area (Å²) in [6.45, 7) is 6.36. The fourth-order valence-electron chi connectivity index (χ4n) is 1.70. The Balaban J connectivity index is 1.87. The summed E-state index contributed by atoms with van der Waals surface area (Å²) in [5.41, 5.74) is 1.02. The molecule has 1 aliphatic rings. The van der Waals surface area contributed by atoms with Gasteiger partial charge in [-0.3, -0.25) is 4.90 Å². The van der Waals surface area contributed by atoms with E-state index in [9.17, 15) is 0 Å². The summed E-state index contributed by atoms with van der Waals surface area (Å²) in [5.74, 6) is 0. The molecule has 72 valence electrons. The molecular weight excluding hydrogens is 166 g/mol. The van der Waals surface area contributed by atoms with Crippen LogP contribution in [0, 0.1) is 0 Å². The molecule has 0 amide bonds. The lowest BCUT2D eigenvalue weighted by atomic mass is 10.2. The molecule has 0 unspecified atom stereocenters. The van der Waals surface area contributed by atoms with Gasteiger partial charge in [-0.2, -0.15) is 0 Å². The van der Waals surface area contributed by atoms with Crippen molar-refractivity contribution in [2.24, 2.45) is 0 Å². The molecule has 0 radical (unpaired) electrons. The third kappa shape index (κ3) is 2.29. The zero-order valence-corrected chi connectivity index (χ0v) is 7.86. The molecule has 13 heavy (non-hydrogen) atoms. The van der Waals surface area contributed by atoms with Crippen LogP contribution in [0.25, 0.3) is 0 Å². The molecule has 0 saturated carbocycles. The maximum Gasteiger partial charge on any atom is 0.180 e. The van der Waals surface area contributed by atoms with E-state index in [1.165, 1.54) is 6.39 Å². The van der Waals surface area contributed by atoms with E-state index in [1.807, 2.05) is 0 Å². The average molecular weight is 181 g/mol. The molecule has 2 rings (SSSR count). The van der Waals surface area contributed by atoms with Gasteiger partial charge in [-0.15, -0.1) is 0 Å². The van der Waals surface area contributed by atoms with Gasteiger partial charge in [0.25, 0.3) is 0 Å². The van der Waals surface area contributed by atoms with Crippen LogP contribution in [-0.4, -0.2) is 35.6 Å². The Bertz CT molecular complexity index is 247. The summed E-state index contributed by atoms with van der Waals surface area (Å²) >= 11 is 0. The lowest BCUT2D eigenvalue weighted by Gasteiger charge is -2.30. The Kier molecular flexibility index (Phi) is 2.61. The molecule has 2 heterocycles. The van der Waals surface area contributed by atoms with Crippen LogP contribution in [0.15, 0.2) is 17.1 Å². The molecule has 1 N–H and O–H groups in total. The second-order valence-corrected chi connectivity index (χ2v) is 3.57. The molecule has 1 saturated heterocycles. The zero-order chi connectivity index (χ0) is 9.10. The number of piperazine rings is 1. The highest BCUT2D eigenvalue weighted by Gasteiger charge is 2.15. The van der Waals surface area contributed by atoms with Crippen molar-refractivity contribution in [1.82, 2.24) is 15.2 Å². The second kappa shape index (κ2) is 3.89. The molecular formula is C9H15N3O. The van der Waals surface area contributed by atoms with E-state index >= 15 is 0 Å². The van der Waals surface area contributed by atoms with Crippen molar-refractivity contribution in [2.45, 2.75) is 19.5 Å². The van der Waals surface area contributed by atoms with Crippen LogP contribution in [0.4, 0.5) is 0 Å². The molecule has 0 bridgehead atoms. The zero-order valence-electron chi connectivity index (χ0n) is 7.86. The monoisotopic (exact) mass is 181 g/mol. The summed E-state index contributed by atoms with van der Waals surface area (Å²) < 4.78 is 4.93. The number of nitrogens with zero attached hydrogens (tertiary/aromatic N) is 2. The maximum atomic E-state index is 4.93. The van der Waals surface area contributed by atoms with Gasteiger partial charge < -0.3 is 9.73 Å². The molecule has 1 atom stereocenters. The van der Waals surface area contributed by atoms with E-state index in [-0.39, 0.29) is 0 Å². The predicted octanol–water partition coefficient (Wildman–Crippen LogP) is 0.468. The molecule has 0 aliphatic carbocycles. The Morgan fingerprint density at radius 2 is 2.69 bits per heavy atom. The van der Waals surface area contributed by atoms with E-state index in [0.717, 1.165) is 31.9 Å². The molecule has 0 aromatic carbocycles. The van der Waals surface area contributed by atoms with Gasteiger partial charge in [-0.25, -0.2) is 4.98 Å². The minimum Gasteiger partial charge on any atom is -0.451 e. The largest absolute Gasteiger partial charge is 0.451 e. The standard InChI is InChI=1S/C9H15N3O/c1-8-4-12(3-2-10-8)5-9-6-13-7-11-9/h6-8,10H,2-5H2,1H3/t8-/m0/s1. The normalized spacial score (nSPS) is 24.8. The number of oxazole rings is 1. The van der Waals surface area contributed by atoms with Gasteiger partial charge in [0.15, 0.2) is 6.39 Å². The first-order chi connectivity index (χ1) is 6.34. The summed E-state index contributed by atoms with van der Waals surface area (Å²) in [4.78, 5) is 6.49. The van der Waals surface area contributed by atoms with Crippen LogP contribution < -0.4 is 5.32 Å². The summed E-state index contributed by atoms with van der Waals surface area (Å²) in [6, 6.07) is 0.584. The van der Waals surface area contributed by atoms with Crippen LogP contribution in [0.2, 0.25) is 0 Å². The van der Waals surface area contributed by atoms with Crippen LogP contribution in [0.5, 0.6) is 0 Å². The Morgan fingerprint density at radius 3 is 3.38 bits per heavy atom. The Morgan fingerprint density at radius 1 is 1.77 bits per heavy atom. The molecule has 4 heteroatoms. The van der Waals surface area contributed by atoms with Gasteiger partial charge in [0.1, 0.15) is 6.26 Å². The lowest BCUT2D eigenvalue weighted by molar-refractivity contribution is 0.197. The molecule has 1 aromatic rings. The Hall–Kier alpha value is -0.870. The molecule has 1 aliphatic heterocycles. The van der Waals surface area contributed by atoms with Crippen LogP contribution in [0.3, 0.4) is 0 Å². The third-order valence-electron chi connectivity index (χ3n) is 2.32. The highest BCUT2D eigenvalue weighted by Crippen LogP contribution is 2.04. The molecule has 4 nitrogen and oxygen atoms in total. The number of nitrogens with one attached hydrogen (secondary N) is 1. The minimum absolute atomic E-state index is 0.584. The first-order valence-corrected chi connectivity index (χ1v) is 4.67. The average Bonchev–Trinajstić information content (AvgIpc) is 2.57.